The molecule has 0 bridgehead atoms. The molecule has 5 heteroatoms. The molecule has 0 saturated carbocycles. The molecular formula is C19H18BrN3O. The molecule has 2 aromatic carbocycles. The minimum Gasteiger partial charge on any atom is -0.386 e. The van der Waals surface area contributed by atoms with Crippen molar-refractivity contribution in [3.05, 3.63) is 75.4 Å². The van der Waals surface area contributed by atoms with Gasteiger partial charge in [0.25, 0.3) is 5.91 Å². The van der Waals surface area contributed by atoms with Crippen LogP contribution in [0.25, 0.3) is 0 Å². The Morgan fingerprint density at radius 2 is 1.96 bits per heavy atom. The van der Waals surface area contributed by atoms with Crippen molar-refractivity contribution >= 4 is 27.5 Å². The number of nitriles is 1. The van der Waals surface area contributed by atoms with E-state index < -0.39 is 5.91 Å². The molecule has 1 amide bonds. The zero-order valence-electron chi connectivity index (χ0n) is 13.6. The van der Waals surface area contributed by atoms with Crippen molar-refractivity contribution in [3.8, 4) is 6.07 Å². The van der Waals surface area contributed by atoms with E-state index in [1.807, 2.05) is 62.4 Å². The maximum Gasteiger partial charge on any atom is 0.267 e. The van der Waals surface area contributed by atoms with E-state index in [1.165, 1.54) is 6.20 Å². The number of amides is 1. The van der Waals surface area contributed by atoms with Crippen LogP contribution < -0.4 is 10.6 Å². The number of halogens is 1. The van der Waals surface area contributed by atoms with Gasteiger partial charge < -0.3 is 10.6 Å². The van der Waals surface area contributed by atoms with Gasteiger partial charge in [0.15, 0.2) is 0 Å². The van der Waals surface area contributed by atoms with E-state index in [9.17, 15) is 10.1 Å². The zero-order valence-corrected chi connectivity index (χ0v) is 15.1. The molecule has 0 atom stereocenters. The predicted octanol–water partition coefficient (Wildman–Crippen LogP) is 4.20. The number of carbonyl (C=O) groups excluding carboxylic acids is 1. The monoisotopic (exact) mass is 383 g/mol. The van der Waals surface area contributed by atoms with Gasteiger partial charge >= 0.3 is 0 Å². The van der Waals surface area contributed by atoms with E-state index in [-0.39, 0.29) is 5.57 Å². The molecule has 2 rings (SSSR count). The lowest BCUT2D eigenvalue weighted by molar-refractivity contribution is -0.112. The van der Waals surface area contributed by atoms with Crippen LogP contribution in [0.2, 0.25) is 0 Å². The van der Waals surface area contributed by atoms with E-state index in [1.54, 1.807) is 0 Å². The molecule has 0 aliphatic rings. The molecule has 0 spiro atoms. The third-order valence-electron chi connectivity index (χ3n) is 3.71. The second-order valence-corrected chi connectivity index (χ2v) is 6.20. The van der Waals surface area contributed by atoms with Crippen molar-refractivity contribution in [1.29, 1.82) is 5.26 Å². The van der Waals surface area contributed by atoms with Crippen LogP contribution in [0.1, 0.15) is 16.7 Å². The van der Waals surface area contributed by atoms with Crippen molar-refractivity contribution < 1.29 is 4.79 Å². The molecule has 24 heavy (non-hydrogen) atoms. The first-order valence-corrected chi connectivity index (χ1v) is 8.27. The van der Waals surface area contributed by atoms with Crippen LogP contribution >= 0.6 is 15.9 Å². The van der Waals surface area contributed by atoms with Gasteiger partial charge in [-0.3, -0.25) is 4.79 Å². The summed E-state index contributed by atoms with van der Waals surface area (Å²) in [5, 5.41) is 15.0. The summed E-state index contributed by atoms with van der Waals surface area (Å²) in [6.07, 6.45) is 1.44. The number of hydrogen-bond donors (Lipinski definition) is 2. The van der Waals surface area contributed by atoms with Crippen LogP contribution in [-0.4, -0.2) is 5.91 Å². The first kappa shape index (κ1) is 17.8. The maximum absolute atomic E-state index is 12.3. The van der Waals surface area contributed by atoms with Gasteiger partial charge in [-0.25, -0.2) is 0 Å². The Hall–Kier alpha value is -2.58. The first-order chi connectivity index (χ1) is 11.5. The van der Waals surface area contributed by atoms with E-state index >= 15 is 0 Å². The molecule has 0 aliphatic carbocycles. The smallest absolute Gasteiger partial charge is 0.267 e. The predicted molar refractivity (Wildman–Crippen MR) is 99.2 cm³/mol. The Kier molecular flexibility index (Phi) is 6.16. The summed E-state index contributed by atoms with van der Waals surface area (Å²) >= 11 is 3.46. The van der Waals surface area contributed by atoms with Crippen molar-refractivity contribution in [1.82, 2.24) is 5.32 Å². The number of carbonyl (C=O) groups is 1. The molecule has 0 fully saturated rings. The summed E-state index contributed by atoms with van der Waals surface area (Å²) in [6.45, 7) is 4.43. The normalized spacial score (nSPS) is 10.8. The minimum atomic E-state index is -0.425. The average Bonchev–Trinajstić information content (AvgIpc) is 2.57. The maximum atomic E-state index is 12.3. The molecule has 0 radical (unpaired) electrons. The molecule has 0 aliphatic heterocycles. The van der Waals surface area contributed by atoms with Gasteiger partial charge in [-0.15, -0.1) is 0 Å². The third-order valence-corrected chi connectivity index (χ3v) is 4.49. The van der Waals surface area contributed by atoms with Crippen LogP contribution in [0.3, 0.4) is 0 Å². The van der Waals surface area contributed by atoms with Gasteiger partial charge in [0, 0.05) is 22.9 Å². The number of nitrogens with one attached hydrogen (secondary N) is 2. The van der Waals surface area contributed by atoms with Crippen molar-refractivity contribution in [3.63, 3.8) is 0 Å². The Labute approximate surface area is 150 Å². The van der Waals surface area contributed by atoms with Gasteiger partial charge in [0.05, 0.1) is 0 Å². The molecule has 2 aromatic rings. The summed E-state index contributed by atoms with van der Waals surface area (Å²) in [4.78, 5) is 12.3. The number of rotatable bonds is 5. The molecule has 0 aromatic heterocycles. The molecule has 2 N–H and O–H groups in total. The van der Waals surface area contributed by atoms with Gasteiger partial charge in [-0.1, -0.05) is 46.3 Å². The lowest BCUT2D eigenvalue weighted by Gasteiger charge is -2.10. The molecule has 0 unspecified atom stereocenters. The van der Waals surface area contributed by atoms with E-state index in [0.717, 1.165) is 21.2 Å². The van der Waals surface area contributed by atoms with Crippen LogP contribution in [0.4, 0.5) is 5.69 Å². The highest BCUT2D eigenvalue weighted by Gasteiger charge is 2.11. The molecule has 0 saturated heterocycles. The summed E-state index contributed by atoms with van der Waals surface area (Å²) in [6, 6.07) is 15.4. The summed E-state index contributed by atoms with van der Waals surface area (Å²) < 4.78 is 0.976. The number of nitrogens with zero attached hydrogens (tertiary/aromatic N) is 1. The molecular weight excluding hydrogens is 366 g/mol. The highest BCUT2D eigenvalue weighted by Crippen LogP contribution is 2.18. The fourth-order valence-corrected chi connectivity index (χ4v) is 2.55. The van der Waals surface area contributed by atoms with Crippen LogP contribution in [0, 0.1) is 25.2 Å². The van der Waals surface area contributed by atoms with Gasteiger partial charge in [-0.2, -0.15) is 5.26 Å². The highest BCUT2D eigenvalue weighted by atomic mass is 79.9. The van der Waals surface area contributed by atoms with Crippen molar-refractivity contribution in [2.24, 2.45) is 0 Å². The Bertz CT molecular complexity index is 822. The van der Waals surface area contributed by atoms with Gasteiger partial charge in [0.1, 0.15) is 11.6 Å². The van der Waals surface area contributed by atoms with Crippen molar-refractivity contribution in [2.45, 2.75) is 20.4 Å². The number of benzene rings is 2. The summed E-state index contributed by atoms with van der Waals surface area (Å²) in [5.41, 5.74) is 3.86. The number of aryl methyl sites for hydroxylation is 1. The average molecular weight is 384 g/mol. The van der Waals surface area contributed by atoms with Crippen LogP contribution in [0.5, 0.6) is 0 Å². The topological polar surface area (TPSA) is 64.9 Å². The Morgan fingerprint density at radius 3 is 2.67 bits per heavy atom. The number of anilines is 1. The third kappa shape index (κ3) is 4.46. The molecule has 4 nitrogen and oxygen atoms in total. The van der Waals surface area contributed by atoms with Crippen molar-refractivity contribution in [2.75, 3.05) is 5.32 Å². The summed E-state index contributed by atoms with van der Waals surface area (Å²) in [7, 11) is 0. The van der Waals surface area contributed by atoms with E-state index in [0.29, 0.717) is 12.2 Å². The fourth-order valence-electron chi connectivity index (χ4n) is 2.13. The second-order valence-electron chi connectivity index (χ2n) is 5.34. The highest BCUT2D eigenvalue weighted by molar-refractivity contribution is 9.10. The Morgan fingerprint density at radius 1 is 1.21 bits per heavy atom. The zero-order chi connectivity index (χ0) is 17.5. The summed E-state index contributed by atoms with van der Waals surface area (Å²) in [5.74, 6) is -0.425. The minimum absolute atomic E-state index is 0.0305. The lowest BCUT2D eigenvalue weighted by atomic mass is 10.1. The first-order valence-electron chi connectivity index (χ1n) is 7.47. The van der Waals surface area contributed by atoms with Gasteiger partial charge in [0.2, 0.25) is 0 Å². The number of hydrogen-bond acceptors (Lipinski definition) is 3. The second kappa shape index (κ2) is 8.32. The van der Waals surface area contributed by atoms with E-state index in [2.05, 4.69) is 26.6 Å². The molecule has 0 heterocycles. The lowest BCUT2D eigenvalue weighted by Crippen LogP contribution is -2.17. The molecule has 122 valence electrons. The van der Waals surface area contributed by atoms with Crippen LogP contribution in [-0.2, 0) is 11.3 Å². The standard InChI is InChI=1S/C19H18BrN3O/c1-13-6-5-9-18(14(13)2)23-19(24)16(10-21)12-22-11-15-7-3-4-8-17(15)20/h3-9,12,22H,11H2,1-2H3,(H,23,24)/b16-12-. The van der Waals surface area contributed by atoms with Crippen LogP contribution in [0.15, 0.2) is 58.7 Å². The largest absolute Gasteiger partial charge is 0.386 e. The van der Waals surface area contributed by atoms with E-state index in [4.69, 9.17) is 0 Å². The SMILES string of the molecule is Cc1cccc(NC(=O)/C(C#N)=C\NCc2ccccc2Br)c1C. The fraction of sp³-hybridized carbons (Fsp3) is 0.158. The van der Waals surface area contributed by atoms with Gasteiger partial charge in [-0.05, 0) is 42.7 Å². The Balaban J connectivity index is 2.05. The quantitative estimate of drug-likeness (QED) is 0.600.